The number of hydrogen-bond acceptors (Lipinski definition) is 5. The molecule has 1 atom stereocenters. The van der Waals surface area contributed by atoms with Gasteiger partial charge >= 0.3 is 0 Å². The molecular formula is C21H25N5. The van der Waals surface area contributed by atoms with Crippen LogP contribution in [0.5, 0.6) is 0 Å². The van der Waals surface area contributed by atoms with Crippen LogP contribution in [0.1, 0.15) is 28.7 Å². The molecule has 2 heterocycles. The van der Waals surface area contributed by atoms with Crippen LogP contribution in [0.4, 0.5) is 5.95 Å². The fraction of sp³-hybridized carbons (Fsp3) is 0.286. The Hall–Kier alpha value is -2.79. The average molecular weight is 347 g/mol. The second kappa shape index (κ2) is 8.54. The van der Waals surface area contributed by atoms with E-state index < -0.39 is 0 Å². The Bertz CT molecular complexity index is 818. The fourth-order valence-electron chi connectivity index (χ4n) is 2.86. The van der Waals surface area contributed by atoms with Gasteiger partial charge in [-0.15, -0.1) is 0 Å². The van der Waals surface area contributed by atoms with E-state index in [1.54, 1.807) is 0 Å². The molecule has 0 amide bonds. The lowest BCUT2D eigenvalue weighted by Gasteiger charge is -2.20. The van der Waals surface area contributed by atoms with Crippen molar-refractivity contribution in [2.75, 3.05) is 19.0 Å². The quantitative estimate of drug-likeness (QED) is 0.710. The monoisotopic (exact) mass is 347 g/mol. The lowest BCUT2D eigenvalue weighted by Crippen LogP contribution is -2.24. The Balaban J connectivity index is 1.78. The molecule has 0 bridgehead atoms. The van der Waals surface area contributed by atoms with Gasteiger partial charge in [0.25, 0.3) is 0 Å². The predicted octanol–water partition coefficient (Wildman–Crippen LogP) is 3.32. The van der Waals surface area contributed by atoms with Gasteiger partial charge in [0.1, 0.15) is 0 Å². The summed E-state index contributed by atoms with van der Waals surface area (Å²) in [7, 11) is 3.92. The smallest absolute Gasteiger partial charge is 0.225 e. The molecule has 0 aliphatic carbocycles. The molecule has 26 heavy (non-hydrogen) atoms. The molecule has 1 N–H and O–H groups in total. The third kappa shape index (κ3) is 4.86. The number of anilines is 1. The largest absolute Gasteiger partial charge is 0.347 e. The number of benzene rings is 1. The molecule has 0 aliphatic rings. The first kappa shape index (κ1) is 18.0. The summed E-state index contributed by atoms with van der Waals surface area (Å²) in [5.41, 5.74) is 4.28. The molecule has 0 saturated heterocycles. The van der Waals surface area contributed by atoms with Crippen molar-refractivity contribution >= 4 is 5.95 Å². The first-order chi connectivity index (χ1) is 12.6. The van der Waals surface area contributed by atoms with Crippen LogP contribution in [0.2, 0.25) is 0 Å². The van der Waals surface area contributed by atoms with E-state index in [2.05, 4.69) is 50.6 Å². The van der Waals surface area contributed by atoms with Crippen LogP contribution in [0, 0.1) is 6.92 Å². The van der Waals surface area contributed by atoms with Gasteiger partial charge < -0.3 is 10.2 Å². The van der Waals surface area contributed by atoms with E-state index in [9.17, 15) is 0 Å². The standard InChI is InChI=1S/C21H25N5/c1-16-13-19(25-21(24-16)26(2)3)15-23-20(17-9-5-4-6-10-17)14-18-11-7-8-12-22-18/h4-13,20,23H,14-15H2,1-3H3. The summed E-state index contributed by atoms with van der Waals surface area (Å²) in [6, 6.07) is 18.7. The molecule has 3 rings (SSSR count). The summed E-state index contributed by atoms with van der Waals surface area (Å²) in [5.74, 6) is 0.739. The summed E-state index contributed by atoms with van der Waals surface area (Å²) in [6.07, 6.45) is 2.67. The van der Waals surface area contributed by atoms with Crippen LogP contribution in [-0.2, 0) is 13.0 Å². The van der Waals surface area contributed by atoms with E-state index >= 15 is 0 Å². The van der Waals surface area contributed by atoms with E-state index in [-0.39, 0.29) is 6.04 Å². The summed E-state index contributed by atoms with van der Waals surface area (Å²) >= 11 is 0. The van der Waals surface area contributed by atoms with Gasteiger partial charge in [0.2, 0.25) is 5.95 Å². The zero-order valence-electron chi connectivity index (χ0n) is 15.6. The number of rotatable bonds is 7. The minimum absolute atomic E-state index is 0.171. The number of aryl methyl sites for hydroxylation is 1. The maximum absolute atomic E-state index is 4.64. The van der Waals surface area contributed by atoms with Gasteiger partial charge in [-0.2, -0.15) is 0 Å². The van der Waals surface area contributed by atoms with Gasteiger partial charge in [-0.1, -0.05) is 36.4 Å². The van der Waals surface area contributed by atoms with Crippen LogP contribution in [0.15, 0.2) is 60.8 Å². The van der Waals surface area contributed by atoms with Crippen molar-refractivity contribution < 1.29 is 0 Å². The summed E-state index contributed by atoms with van der Waals surface area (Å²) in [6.45, 7) is 2.68. The maximum atomic E-state index is 4.64. The minimum atomic E-state index is 0.171. The molecule has 1 unspecified atom stereocenters. The third-order valence-electron chi connectivity index (χ3n) is 4.17. The predicted molar refractivity (Wildman–Crippen MR) is 105 cm³/mol. The van der Waals surface area contributed by atoms with Crippen LogP contribution in [0.3, 0.4) is 0 Å². The number of nitrogens with zero attached hydrogens (tertiary/aromatic N) is 4. The van der Waals surface area contributed by atoms with Gasteiger partial charge in [-0.3, -0.25) is 4.98 Å². The Morgan fingerprint density at radius 1 is 0.962 bits per heavy atom. The molecule has 0 radical (unpaired) electrons. The Labute approximate surface area is 155 Å². The van der Waals surface area contributed by atoms with Crippen LogP contribution in [-0.4, -0.2) is 29.0 Å². The maximum Gasteiger partial charge on any atom is 0.225 e. The molecule has 1 aromatic carbocycles. The second-order valence-electron chi connectivity index (χ2n) is 6.56. The zero-order chi connectivity index (χ0) is 18.4. The van der Waals surface area contributed by atoms with E-state index in [0.29, 0.717) is 6.54 Å². The number of nitrogens with one attached hydrogen (secondary N) is 1. The van der Waals surface area contributed by atoms with E-state index in [1.165, 1.54) is 5.56 Å². The SMILES string of the molecule is Cc1cc(CNC(Cc2ccccn2)c2ccccc2)nc(N(C)C)n1. The zero-order valence-corrected chi connectivity index (χ0v) is 15.6. The van der Waals surface area contributed by atoms with Crippen molar-refractivity contribution in [2.45, 2.75) is 25.9 Å². The highest BCUT2D eigenvalue weighted by atomic mass is 15.2. The lowest BCUT2D eigenvalue weighted by atomic mass is 10.0. The molecule has 5 nitrogen and oxygen atoms in total. The summed E-state index contributed by atoms with van der Waals surface area (Å²) in [4.78, 5) is 15.5. The van der Waals surface area contributed by atoms with Gasteiger partial charge in [0.05, 0.1) is 5.69 Å². The van der Waals surface area contributed by atoms with Crippen molar-refractivity contribution in [3.8, 4) is 0 Å². The highest BCUT2D eigenvalue weighted by Gasteiger charge is 2.13. The Kier molecular flexibility index (Phi) is 5.92. The van der Waals surface area contributed by atoms with E-state index in [4.69, 9.17) is 0 Å². The van der Waals surface area contributed by atoms with E-state index in [0.717, 1.165) is 29.5 Å². The van der Waals surface area contributed by atoms with Gasteiger partial charge in [-0.25, -0.2) is 9.97 Å². The molecule has 3 aromatic rings. The second-order valence-corrected chi connectivity index (χ2v) is 6.56. The molecule has 2 aromatic heterocycles. The lowest BCUT2D eigenvalue weighted by molar-refractivity contribution is 0.519. The molecule has 134 valence electrons. The van der Waals surface area contributed by atoms with Gasteiger partial charge in [0.15, 0.2) is 0 Å². The first-order valence-electron chi connectivity index (χ1n) is 8.82. The van der Waals surface area contributed by atoms with Crippen LogP contribution >= 0.6 is 0 Å². The fourth-order valence-corrected chi connectivity index (χ4v) is 2.86. The summed E-state index contributed by atoms with van der Waals surface area (Å²) < 4.78 is 0. The molecular weight excluding hydrogens is 322 g/mol. The minimum Gasteiger partial charge on any atom is -0.347 e. The molecule has 0 fully saturated rings. The molecule has 5 heteroatoms. The van der Waals surface area contributed by atoms with Crippen molar-refractivity contribution in [3.05, 3.63) is 83.4 Å². The highest BCUT2D eigenvalue weighted by Crippen LogP contribution is 2.18. The van der Waals surface area contributed by atoms with Crippen molar-refractivity contribution in [1.82, 2.24) is 20.3 Å². The van der Waals surface area contributed by atoms with Crippen molar-refractivity contribution in [1.29, 1.82) is 0 Å². The topological polar surface area (TPSA) is 53.9 Å². The third-order valence-corrected chi connectivity index (χ3v) is 4.17. The Morgan fingerprint density at radius 2 is 1.73 bits per heavy atom. The van der Waals surface area contributed by atoms with Gasteiger partial charge in [0, 0.05) is 50.7 Å². The molecule has 0 saturated carbocycles. The van der Waals surface area contributed by atoms with Crippen LogP contribution in [0.25, 0.3) is 0 Å². The summed E-state index contributed by atoms with van der Waals surface area (Å²) in [5, 5.41) is 3.65. The van der Waals surface area contributed by atoms with Crippen molar-refractivity contribution in [3.63, 3.8) is 0 Å². The van der Waals surface area contributed by atoms with E-state index in [1.807, 2.05) is 56.4 Å². The Morgan fingerprint density at radius 3 is 2.42 bits per heavy atom. The molecule has 0 spiro atoms. The first-order valence-corrected chi connectivity index (χ1v) is 8.82. The van der Waals surface area contributed by atoms with Crippen molar-refractivity contribution in [2.24, 2.45) is 0 Å². The number of pyridine rings is 1. The average Bonchev–Trinajstić information content (AvgIpc) is 2.66. The van der Waals surface area contributed by atoms with Crippen LogP contribution < -0.4 is 10.2 Å². The normalized spacial score (nSPS) is 12.0. The number of aromatic nitrogens is 3. The van der Waals surface area contributed by atoms with Gasteiger partial charge in [-0.05, 0) is 30.7 Å². The highest BCUT2D eigenvalue weighted by molar-refractivity contribution is 5.30. The number of hydrogen-bond donors (Lipinski definition) is 1. The molecule has 0 aliphatic heterocycles.